The molecule has 0 aliphatic rings. The Labute approximate surface area is 115 Å². The highest BCUT2D eigenvalue weighted by Crippen LogP contribution is 2.18. The maximum absolute atomic E-state index is 13.4. The predicted octanol–water partition coefficient (Wildman–Crippen LogP) is 3.52. The first-order valence-electron chi connectivity index (χ1n) is 5.12. The Kier molecular flexibility index (Phi) is 6.62. The summed E-state index contributed by atoms with van der Waals surface area (Å²) in [4.78, 5) is 0. The molecule has 1 aromatic carbocycles. The zero-order valence-electron chi connectivity index (χ0n) is 9.43. The van der Waals surface area contributed by atoms with Crippen molar-refractivity contribution >= 4 is 46.4 Å². The summed E-state index contributed by atoms with van der Waals surface area (Å²) in [7, 11) is 0. The molecule has 17 heavy (non-hydrogen) atoms. The second-order valence-electron chi connectivity index (χ2n) is 3.35. The average Bonchev–Trinajstić information content (AvgIpc) is 2.28. The number of rotatable bonds is 5. The van der Waals surface area contributed by atoms with E-state index in [0.29, 0.717) is 15.8 Å². The highest BCUT2D eigenvalue weighted by Gasteiger charge is 2.04. The number of anilines is 1. The summed E-state index contributed by atoms with van der Waals surface area (Å²) in [5, 5.41) is 6.60. The second kappa shape index (κ2) is 7.74. The molecule has 0 unspecified atom stereocenters. The Bertz CT molecular complexity index is 388. The maximum atomic E-state index is 13.4. The average molecular weight is 293 g/mol. The first-order chi connectivity index (χ1) is 8.13. The fourth-order valence-electron chi connectivity index (χ4n) is 1.18. The normalized spacial score (nSPS) is 10.1. The summed E-state index contributed by atoms with van der Waals surface area (Å²) in [6.07, 6.45) is 3.08. The standard InChI is InChI=1S/C11H14ClFN2S2/c1-17-6-2-5-14-11(16)15-10-4-3-8(12)7-9(10)13/h3-4,7H,2,5-6H2,1H3,(H2,14,15,16). The smallest absolute Gasteiger partial charge is 0.170 e. The fourth-order valence-corrected chi connectivity index (χ4v) is 1.98. The molecule has 0 aliphatic heterocycles. The van der Waals surface area contributed by atoms with Crippen molar-refractivity contribution in [3.8, 4) is 0 Å². The van der Waals surface area contributed by atoms with Crippen molar-refractivity contribution in [2.75, 3.05) is 23.9 Å². The monoisotopic (exact) mass is 292 g/mol. The largest absolute Gasteiger partial charge is 0.362 e. The van der Waals surface area contributed by atoms with Gasteiger partial charge in [0, 0.05) is 11.6 Å². The summed E-state index contributed by atoms with van der Waals surface area (Å²) in [6, 6.07) is 4.43. The lowest BCUT2D eigenvalue weighted by molar-refractivity contribution is 0.632. The molecule has 94 valence electrons. The van der Waals surface area contributed by atoms with Crippen molar-refractivity contribution in [1.29, 1.82) is 0 Å². The van der Waals surface area contributed by atoms with Crippen LogP contribution in [0.4, 0.5) is 10.1 Å². The molecule has 0 heterocycles. The van der Waals surface area contributed by atoms with Crippen molar-refractivity contribution in [3.63, 3.8) is 0 Å². The number of benzene rings is 1. The number of thiocarbonyl (C=S) groups is 1. The number of nitrogens with one attached hydrogen (secondary N) is 2. The Hall–Kier alpha value is -0.520. The summed E-state index contributed by atoms with van der Waals surface area (Å²) >= 11 is 12.5. The van der Waals surface area contributed by atoms with Crippen molar-refractivity contribution < 1.29 is 4.39 Å². The van der Waals surface area contributed by atoms with Crippen LogP contribution in [-0.4, -0.2) is 23.7 Å². The quantitative estimate of drug-likeness (QED) is 0.640. The van der Waals surface area contributed by atoms with E-state index < -0.39 is 5.82 Å². The molecule has 2 nitrogen and oxygen atoms in total. The van der Waals surface area contributed by atoms with Gasteiger partial charge in [0.25, 0.3) is 0 Å². The lowest BCUT2D eigenvalue weighted by Crippen LogP contribution is -2.29. The highest BCUT2D eigenvalue weighted by molar-refractivity contribution is 7.98. The van der Waals surface area contributed by atoms with E-state index in [4.69, 9.17) is 23.8 Å². The van der Waals surface area contributed by atoms with E-state index in [9.17, 15) is 4.39 Å². The summed E-state index contributed by atoms with van der Waals surface area (Å²) < 4.78 is 13.4. The minimum atomic E-state index is -0.411. The Morgan fingerprint density at radius 2 is 2.29 bits per heavy atom. The molecule has 1 rings (SSSR count). The lowest BCUT2D eigenvalue weighted by atomic mass is 10.3. The third-order valence-corrected chi connectivity index (χ3v) is 3.17. The first kappa shape index (κ1) is 14.5. The number of halogens is 2. The Morgan fingerprint density at radius 1 is 1.53 bits per heavy atom. The maximum Gasteiger partial charge on any atom is 0.170 e. The Balaban J connectivity index is 2.40. The van der Waals surface area contributed by atoms with Crippen molar-refractivity contribution in [2.45, 2.75) is 6.42 Å². The molecule has 0 bridgehead atoms. The summed E-state index contributed by atoms with van der Waals surface area (Å²) in [5.74, 6) is 0.663. The lowest BCUT2D eigenvalue weighted by Gasteiger charge is -2.10. The molecule has 0 fully saturated rings. The van der Waals surface area contributed by atoms with Gasteiger partial charge in [-0.1, -0.05) is 11.6 Å². The molecular formula is C11H14ClFN2S2. The molecule has 2 N–H and O–H groups in total. The van der Waals surface area contributed by atoms with Gasteiger partial charge in [-0.25, -0.2) is 4.39 Å². The van der Waals surface area contributed by atoms with Crippen LogP contribution in [-0.2, 0) is 0 Å². The molecule has 0 saturated heterocycles. The second-order valence-corrected chi connectivity index (χ2v) is 5.18. The molecule has 0 radical (unpaired) electrons. The van der Waals surface area contributed by atoms with Crippen molar-refractivity contribution in [1.82, 2.24) is 5.32 Å². The number of hydrogen-bond acceptors (Lipinski definition) is 2. The molecule has 0 amide bonds. The van der Waals surface area contributed by atoms with E-state index in [2.05, 4.69) is 16.9 Å². The SMILES string of the molecule is CSCCCNC(=S)Nc1ccc(Cl)cc1F. The van der Waals surface area contributed by atoms with Crippen molar-refractivity contribution in [2.24, 2.45) is 0 Å². The van der Waals surface area contributed by atoms with Crippen LogP contribution in [0.2, 0.25) is 5.02 Å². The van der Waals surface area contributed by atoms with E-state index in [-0.39, 0.29) is 0 Å². The van der Waals surface area contributed by atoms with E-state index in [0.717, 1.165) is 18.7 Å². The third kappa shape index (κ3) is 5.57. The van der Waals surface area contributed by atoms with Crippen LogP contribution in [0.3, 0.4) is 0 Å². The first-order valence-corrected chi connectivity index (χ1v) is 7.30. The van der Waals surface area contributed by atoms with Crippen LogP contribution in [0.1, 0.15) is 6.42 Å². The van der Waals surface area contributed by atoms with Gasteiger partial charge in [-0.3, -0.25) is 0 Å². The third-order valence-electron chi connectivity index (χ3n) is 1.99. The van der Waals surface area contributed by atoms with Gasteiger partial charge in [-0.15, -0.1) is 0 Å². The van der Waals surface area contributed by atoms with Crippen LogP contribution in [0.5, 0.6) is 0 Å². The topological polar surface area (TPSA) is 24.1 Å². The van der Waals surface area contributed by atoms with Gasteiger partial charge >= 0.3 is 0 Å². The van der Waals surface area contributed by atoms with E-state index in [1.165, 1.54) is 6.07 Å². The molecule has 0 aliphatic carbocycles. The van der Waals surface area contributed by atoms with Gasteiger partial charge in [0.1, 0.15) is 5.82 Å². The minimum absolute atomic E-state index is 0.330. The van der Waals surface area contributed by atoms with Crippen LogP contribution >= 0.6 is 35.6 Å². The molecule has 0 aromatic heterocycles. The number of hydrogen-bond donors (Lipinski definition) is 2. The van der Waals surface area contributed by atoms with Gasteiger partial charge < -0.3 is 10.6 Å². The number of thioether (sulfide) groups is 1. The van der Waals surface area contributed by atoms with Crippen LogP contribution < -0.4 is 10.6 Å². The summed E-state index contributed by atoms with van der Waals surface area (Å²) in [6.45, 7) is 0.780. The zero-order valence-corrected chi connectivity index (χ0v) is 11.8. The zero-order chi connectivity index (χ0) is 12.7. The summed E-state index contributed by atoms with van der Waals surface area (Å²) in [5.41, 5.74) is 0.330. The molecule has 0 saturated carbocycles. The molecule has 6 heteroatoms. The van der Waals surface area contributed by atoms with Gasteiger partial charge in [0.05, 0.1) is 5.69 Å². The predicted molar refractivity (Wildman–Crippen MR) is 78.6 cm³/mol. The molecule has 0 atom stereocenters. The minimum Gasteiger partial charge on any atom is -0.362 e. The van der Waals surface area contributed by atoms with Crippen LogP contribution in [0, 0.1) is 5.82 Å². The highest BCUT2D eigenvalue weighted by atomic mass is 35.5. The van der Waals surface area contributed by atoms with Gasteiger partial charge in [-0.2, -0.15) is 11.8 Å². The molecule has 0 spiro atoms. The van der Waals surface area contributed by atoms with Gasteiger partial charge in [0.2, 0.25) is 0 Å². The van der Waals surface area contributed by atoms with Gasteiger partial charge in [0.15, 0.2) is 5.11 Å². The fraction of sp³-hybridized carbons (Fsp3) is 0.364. The molecular weight excluding hydrogens is 279 g/mol. The van der Waals surface area contributed by atoms with Crippen LogP contribution in [0.25, 0.3) is 0 Å². The van der Waals surface area contributed by atoms with E-state index in [1.807, 2.05) is 0 Å². The van der Waals surface area contributed by atoms with E-state index >= 15 is 0 Å². The van der Waals surface area contributed by atoms with E-state index in [1.54, 1.807) is 23.9 Å². The Morgan fingerprint density at radius 3 is 2.94 bits per heavy atom. The van der Waals surface area contributed by atoms with Crippen LogP contribution in [0.15, 0.2) is 18.2 Å². The molecule has 1 aromatic rings. The van der Waals surface area contributed by atoms with Gasteiger partial charge in [-0.05, 0) is 48.8 Å². The van der Waals surface area contributed by atoms with Crippen molar-refractivity contribution in [3.05, 3.63) is 29.0 Å².